The average molecular weight is 301 g/mol. The maximum Gasteiger partial charge on any atom is 0.128 e. The summed E-state index contributed by atoms with van der Waals surface area (Å²) in [5.74, 6) is 0.962. The number of rotatable bonds is 4. The van der Waals surface area contributed by atoms with E-state index in [-0.39, 0.29) is 6.10 Å². The van der Waals surface area contributed by atoms with Gasteiger partial charge >= 0.3 is 0 Å². The van der Waals surface area contributed by atoms with Crippen molar-refractivity contribution in [2.24, 2.45) is 0 Å². The van der Waals surface area contributed by atoms with Crippen molar-refractivity contribution < 1.29 is 4.74 Å². The SMILES string of the molecule is Cc1[nH]ncc1CN1CCO[C@H](c2cccc(N(C)C)n2)C1. The highest BCUT2D eigenvalue weighted by atomic mass is 16.5. The van der Waals surface area contributed by atoms with E-state index in [1.54, 1.807) is 0 Å². The maximum atomic E-state index is 5.93. The number of nitrogens with one attached hydrogen (secondary N) is 1. The summed E-state index contributed by atoms with van der Waals surface area (Å²) < 4.78 is 5.93. The number of H-pyrrole nitrogens is 1. The molecular formula is C16H23N5O. The van der Waals surface area contributed by atoms with Gasteiger partial charge in [-0.15, -0.1) is 0 Å². The van der Waals surface area contributed by atoms with Crippen molar-refractivity contribution in [2.75, 3.05) is 38.7 Å². The van der Waals surface area contributed by atoms with Crippen LogP contribution in [0.5, 0.6) is 0 Å². The lowest BCUT2D eigenvalue weighted by Gasteiger charge is -2.32. The minimum Gasteiger partial charge on any atom is -0.369 e. The van der Waals surface area contributed by atoms with E-state index in [4.69, 9.17) is 9.72 Å². The molecule has 3 rings (SSSR count). The van der Waals surface area contributed by atoms with Gasteiger partial charge in [-0.25, -0.2) is 4.98 Å². The predicted molar refractivity (Wildman–Crippen MR) is 85.9 cm³/mol. The fraction of sp³-hybridized carbons (Fsp3) is 0.500. The third-order valence-corrected chi connectivity index (χ3v) is 4.02. The van der Waals surface area contributed by atoms with Gasteiger partial charge in [0, 0.05) is 45.0 Å². The minimum absolute atomic E-state index is 0.0286. The molecule has 1 aliphatic heterocycles. The zero-order valence-corrected chi connectivity index (χ0v) is 13.4. The van der Waals surface area contributed by atoms with Crippen LogP contribution in [0.4, 0.5) is 5.82 Å². The van der Waals surface area contributed by atoms with E-state index in [1.807, 2.05) is 43.4 Å². The van der Waals surface area contributed by atoms with Crippen molar-refractivity contribution in [1.82, 2.24) is 20.1 Å². The molecule has 22 heavy (non-hydrogen) atoms. The molecule has 0 unspecified atom stereocenters. The van der Waals surface area contributed by atoms with E-state index in [9.17, 15) is 0 Å². The summed E-state index contributed by atoms with van der Waals surface area (Å²) in [5, 5.41) is 7.09. The Bertz CT molecular complexity index is 625. The van der Waals surface area contributed by atoms with E-state index < -0.39 is 0 Å². The molecule has 0 aliphatic carbocycles. The number of ether oxygens (including phenoxy) is 1. The van der Waals surface area contributed by atoms with E-state index in [0.29, 0.717) is 0 Å². The van der Waals surface area contributed by atoms with Gasteiger partial charge in [0.25, 0.3) is 0 Å². The summed E-state index contributed by atoms with van der Waals surface area (Å²) in [6, 6.07) is 6.10. The Morgan fingerprint density at radius 1 is 1.41 bits per heavy atom. The van der Waals surface area contributed by atoms with Gasteiger partial charge < -0.3 is 9.64 Å². The van der Waals surface area contributed by atoms with E-state index in [1.165, 1.54) is 5.56 Å². The fourth-order valence-corrected chi connectivity index (χ4v) is 2.67. The molecule has 0 saturated carbocycles. The van der Waals surface area contributed by atoms with Gasteiger partial charge in [-0.2, -0.15) is 5.10 Å². The Labute approximate surface area is 131 Å². The van der Waals surface area contributed by atoms with Crippen LogP contribution in [0.3, 0.4) is 0 Å². The highest BCUT2D eigenvalue weighted by Crippen LogP contribution is 2.23. The number of nitrogens with zero attached hydrogens (tertiary/aromatic N) is 4. The molecular weight excluding hydrogens is 278 g/mol. The highest BCUT2D eigenvalue weighted by Gasteiger charge is 2.24. The highest BCUT2D eigenvalue weighted by molar-refractivity contribution is 5.37. The van der Waals surface area contributed by atoms with Crippen molar-refractivity contribution >= 4 is 5.82 Å². The number of aryl methyl sites for hydroxylation is 1. The van der Waals surface area contributed by atoms with Crippen LogP contribution in [0.1, 0.15) is 23.1 Å². The summed E-state index contributed by atoms with van der Waals surface area (Å²) >= 11 is 0. The number of aromatic amines is 1. The third-order valence-electron chi connectivity index (χ3n) is 4.02. The lowest BCUT2D eigenvalue weighted by atomic mass is 10.1. The van der Waals surface area contributed by atoms with Crippen LogP contribution in [-0.2, 0) is 11.3 Å². The quantitative estimate of drug-likeness (QED) is 0.932. The van der Waals surface area contributed by atoms with Gasteiger partial charge in [0.2, 0.25) is 0 Å². The second-order valence-corrected chi connectivity index (χ2v) is 5.93. The minimum atomic E-state index is 0.0286. The van der Waals surface area contributed by atoms with Crippen LogP contribution in [0.15, 0.2) is 24.4 Å². The van der Waals surface area contributed by atoms with Crippen molar-refractivity contribution in [3.8, 4) is 0 Å². The first kappa shape index (κ1) is 15.0. The smallest absolute Gasteiger partial charge is 0.128 e. The Balaban J connectivity index is 1.70. The van der Waals surface area contributed by atoms with E-state index >= 15 is 0 Å². The molecule has 6 heteroatoms. The number of aromatic nitrogens is 3. The average Bonchev–Trinajstić information content (AvgIpc) is 2.93. The van der Waals surface area contributed by atoms with Gasteiger partial charge in [-0.3, -0.25) is 10.00 Å². The Morgan fingerprint density at radius 3 is 3.00 bits per heavy atom. The molecule has 3 heterocycles. The molecule has 1 fully saturated rings. The first-order valence-corrected chi connectivity index (χ1v) is 7.60. The topological polar surface area (TPSA) is 57.3 Å². The molecule has 0 radical (unpaired) electrons. The first-order valence-electron chi connectivity index (χ1n) is 7.60. The lowest BCUT2D eigenvalue weighted by molar-refractivity contribution is -0.0349. The second kappa shape index (κ2) is 6.46. The summed E-state index contributed by atoms with van der Waals surface area (Å²) in [4.78, 5) is 9.11. The summed E-state index contributed by atoms with van der Waals surface area (Å²) in [5.41, 5.74) is 3.38. The molecule has 1 aliphatic rings. The normalized spacial score (nSPS) is 19.3. The van der Waals surface area contributed by atoms with Gasteiger partial charge in [0.15, 0.2) is 0 Å². The maximum absolute atomic E-state index is 5.93. The Kier molecular flexibility index (Phi) is 4.40. The van der Waals surface area contributed by atoms with Gasteiger partial charge in [-0.05, 0) is 19.1 Å². The summed E-state index contributed by atoms with van der Waals surface area (Å²) in [6.07, 6.45) is 1.94. The van der Waals surface area contributed by atoms with Crippen LogP contribution >= 0.6 is 0 Å². The van der Waals surface area contributed by atoms with Crippen LogP contribution in [0, 0.1) is 6.92 Å². The number of pyridine rings is 1. The zero-order valence-electron chi connectivity index (χ0n) is 13.4. The van der Waals surface area contributed by atoms with Crippen LogP contribution in [0.25, 0.3) is 0 Å². The lowest BCUT2D eigenvalue weighted by Crippen LogP contribution is -2.38. The fourth-order valence-electron chi connectivity index (χ4n) is 2.67. The standard InChI is InChI=1S/C16H23N5O/c1-12-13(9-17-19-12)10-21-7-8-22-15(11-21)14-5-4-6-16(18-14)20(2)3/h4-6,9,15H,7-8,10-11H2,1-3H3,(H,17,19)/t15-/m0/s1. The van der Waals surface area contributed by atoms with Crippen LogP contribution in [-0.4, -0.2) is 53.9 Å². The van der Waals surface area contributed by atoms with Gasteiger partial charge in [-0.1, -0.05) is 6.07 Å². The van der Waals surface area contributed by atoms with E-state index in [2.05, 4.69) is 22.0 Å². The number of anilines is 1. The molecule has 118 valence electrons. The Hall–Kier alpha value is -1.92. The molecule has 6 nitrogen and oxygen atoms in total. The van der Waals surface area contributed by atoms with Crippen molar-refractivity contribution in [3.05, 3.63) is 41.3 Å². The van der Waals surface area contributed by atoms with Gasteiger partial charge in [0.05, 0.1) is 18.5 Å². The number of hydrogen-bond donors (Lipinski definition) is 1. The van der Waals surface area contributed by atoms with Crippen LogP contribution in [0.2, 0.25) is 0 Å². The van der Waals surface area contributed by atoms with Crippen LogP contribution < -0.4 is 4.90 Å². The molecule has 0 spiro atoms. The van der Waals surface area contributed by atoms with Gasteiger partial charge in [0.1, 0.15) is 11.9 Å². The molecule has 0 aromatic carbocycles. The number of hydrogen-bond acceptors (Lipinski definition) is 5. The molecule has 1 saturated heterocycles. The number of morpholine rings is 1. The first-order chi connectivity index (χ1) is 10.6. The monoisotopic (exact) mass is 301 g/mol. The molecule has 1 N–H and O–H groups in total. The summed E-state index contributed by atoms with van der Waals surface area (Å²) in [7, 11) is 4.00. The molecule has 2 aromatic rings. The van der Waals surface area contributed by atoms with Crippen molar-refractivity contribution in [2.45, 2.75) is 19.6 Å². The Morgan fingerprint density at radius 2 is 2.27 bits per heavy atom. The zero-order chi connectivity index (χ0) is 15.5. The molecule has 0 bridgehead atoms. The molecule has 0 amide bonds. The van der Waals surface area contributed by atoms with Crippen molar-refractivity contribution in [1.29, 1.82) is 0 Å². The third kappa shape index (κ3) is 3.28. The second-order valence-electron chi connectivity index (χ2n) is 5.93. The van der Waals surface area contributed by atoms with Crippen molar-refractivity contribution in [3.63, 3.8) is 0 Å². The predicted octanol–water partition coefficient (Wildman–Crippen LogP) is 1.75. The summed E-state index contributed by atoms with van der Waals surface area (Å²) in [6.45, 7) is 5.48. The van der Waals surface area contributed by atoms with E-state index in [0.717, 1.165) is 43.4 Å². The molecule has 1 atom stereocenters. The molecule has 2 aromatic heterocycles. The largest absolute Gasteiger partial charge is 0.369 e.